The van der Waals surface area contributed by atoms with Crippen molar-refractivity contribution in [3.8, 4) is 0 Å². The summed E-state index contributed by atoms with van der Waals surface area (Å²) in [7, 11) is 3.99. The molecule has 1 aromatic carbocycles. The zero-order valence-electron chi connectivity index (χ0n) is 11.4. The molecule has 1 aromatic rings. The summed E-state index contributed by atoms with van der Waals surface area (Å²) in [6, 6.07) is 5.77. The smallest absolute Gasteiger partial charge is 0.0761 e. The number of halogens is 2. The second-order valence-electron chi connectivity index (χ2n) is 5.06. The predicted octanol–water partition coefficient (Wildman–Crippen LogP) is 3.74. The van der Waals surface area contributed by atoms with Gasteiger partial charge in [0.05, 0.1) is 6.10 Å². The zero-order valence-corrected chi connectivity index (χ0v) is 13.7. The van der Waals surface area contributed by atoms with Crippen molar-refractivity contribution in [3.63, 3.8) is 0 Å². The van der Waals surface area contributed by atoms with Crippen LogP contribution in [0.25, 0.3) is 0 Å². The summed E-state index contributed by atoms with van der Waals surface area (Å²) in [5.74, 6) is 0. The van der Waals surface area contributed by atoms with Crippen LogP contribution < -0.4 is 0 Å². The lowest BCUT2D eigenvalue weighted by Gasteiger charge is -2.40. The van der Waals surface area contributed by atoms with Gasteiger partial charge in [0.1, 0.15) is 0 Å². The number of rotatable bonds is 5. The molecule has 18 heavy (non-hydrogen) atoms. The molecule has 2 atom stereocenters. The molecule has 0 amide bonds. The van der Waals surface area contributed by atoms with Crippen LogP contribution in [0.1, 0.15) is 25.8 Å². The van der Waals surface area contributed by atoms with Gasteiger partial charge in [-0.15, -0.1) is 0 Å². The van der Waals surface area contributed by atoms with Crippen molar-refractivity contribution in [1.29, 1.82) is 0 Å². The highest BCUT2D eigenvalue weighted by Crippen LogP contribution is 2.27. The lowest BCUT2D eigenvalue weighted by molar-refractivity contribution is 0.00302. The molecule has 0 aromatic heterocycles. The van der Waals surface area contributed by atoms with Crippen molar-refractivity contribution in [3.05, 3.63) is 33.3 Å². The molecule has 0 aliphatic rings. The van der Waals surface area contributed by atoms with Gasteiger partial charge in [-0.05, 0) is 45.1 Å². The van der Waals surface area contributed by atoms with Gasteiger partial charge < -0.3 is 10.0 Å². The van der Waals surface area contributed by atoms with E-state index in [1.54, 1.807) is 0 Å². The Morgan fingerprint density at radius 1 is 1.44 bits per heavy atom. The number of likely N-dealkylation sites (N-methyl/N-ethyl adjacent to an activating group) is 1. The molecule has 0 aliphatic carbocycles. The molecule has 4 heteroatoms. The van der Waals surface area contributed by atoms with Gasteiger partial charge in [-0.1, -0.05) is 40.5 Å². The summed E-state index contributed by atoms with van der Waals surface area (Å²) < 4.78 is 0.955. The van der Waals surface area contributed by atoms with Crippen LogP contribution in [0.5, 0.6) is 0 Å². The molecule has 0 bridgehead atoms. The molecule has 2 nitrogen and oxygen atoms in total. The topological polar surface area (TPSA) is 23.5 Å². The molecule has 0 aliphatic heterocycles. The largest absolute Gasteiger partial charge is 0.391 e. The first-order valence-corrected chi connectivity index (χ1v) is 7.27. The quantitative estimate of drug-likeness (QED) is 0.887. The van der Waals surface area contributed by atoms with Crippen molar-refractivity contribution in [1.82, 2.24) is 4.90 Å². The highest BCUT2D eigenvalue weighted by atomic mass is 79.9. The van der Waals surface area contributed by atoms with Gasteiger partial charge in [-0.25, -0.2) is 0 Å². The Morgan fingerprint density at radius 3 is 2.50 bits per heavy atom. The second kappa shape index (κ2) is 6.38. The van der Waals surface area contributed by atoms with Crippen LogP contribution in [0.4, 0.5) is 0 Å². The predicted molar refractivity (Wildman–Crippen MR) is 81.2 cm³/mol. The number of benzene rings is 1. The van der Waals surface area contributed by atoms with Gasteiger partial charge in [0.2, 0.25) is 0 Å². The summed E-state index contributed by atoms with van der Waals surface area (Å²) in [6.45, 7) is 4.16. The Bertz CT molecular complexity index is 411. The van der Waals surface area contributed by atoms with Crippen LogP contribution in [0.3, 0.4) is 0 Å². The van der Waals surface area contributed by atoms with E-state index in [0.717, 1.165) is 16.5 Å². The molecule has 0 spiro atoms. The van der Waals surface area contributed by atoms with Crippen molar-refractivity contribution >= 4 is 27.5 Å². The maximum Gasteiger partial charge on any atom is 0.0761 e. The van der Waals surface area contributed by atoms with E-state index in [2.05, 4.69) is 34.7 Å². The normalized spacial score (nSPS) is 16.7. The maximum absolute atomic E-state index is 10.5. The fourth-order valence-corrected chi connectivity index (χ4v) is 2.72. The molecule has 0 saturated carbocycles. The number of aliphatic hydroxyl groups excluding tert-OH is 1. The van der Waals surface area contributed by atoms with E-state index < -0.39 is 6.10 Å². The van der Waals surface area contributed by atoms with Crippen LogP contribution >= 0.6 is 27.5 Å². The van der Waals surface area contributed by atoms with Gasteiger partial charge in [0.25, 0.3) is 0 Å². The minimum absolute atomic E-state index is 0.240. The van der Waals surface area contributed by atoms with E-state index in [9.17, 15) is 5.11 Å². The van der Waals surface area contributed by atoms with E-state index in [4.69, 9.17) is 11.6 Å². The van der Waals surface area contributed by atoms with Crippen molar-refractivity contribution < 1.29 is 5.11 Å². The first-order valence-electron chi connectivity index (χ1n) is 6.10. The van der Waals surface area contributed by atoms with Crippen molar-refractivity contribution in [2.45, 2.75) is 38.3 Å². The highest BCUT2D eigenvalue weighted by Gasteiger charge is 2.33. The fourth-order valence-electron chi connectivity index (χ4n) is 1.97. The van der Waals surface area contributed by atoms with Gasteiger partial charge in [-0.3, -0.25) is 0 Å². The van der Waals surface area contributed by atoms with Gasteiger partial charge in [0, 0.05) is 21.5 Å². The number of aliphatic hydroxyl groups is 1. The average molecular weight is 335 g/mol. The molecule has 102 valence electrons. The third-order valence-corrected chi connectivity index (χ3v) is 4.73. The van der Waals surface area contributed by atoms with Gasteiger partial charge >= 0.3 is 0 Å². The lowest BCUT2D eigenvalue weighted by atomic mass is 9.86. The van der Waals surface area contributed by atoms with Gasteiger partial charge in [-0.2, -0.15) is 0 Å². The summed E-state index contributed by atoms with van der Waals surface area (Å²) in [5.41, 5.74) is 0.741. The first-order chi connectivity index (χ1) is 8.31. The summed E-state index contributed by atoms with van der Waals surface area (Å²) in [5, 5.41) is 11.2. The van der Waals surface area contributed by atoms with E-state index in [-0.39, 0.29) is 5.54 Å². The van der Waals surface area contributed by atoms with Crippen molar-refractivity contribution in [2.75, 3.05) is 14.1 Å². The third kappa shape index (κ3) is 3.47. The van der Waals surface area contributed by atoms with E-state index in [1.807, 2.05) is 32.3 Å². The third-order valence-electron chi connectivity index (χ3n) is 3.88. The number of nitrogens with zero attached hydrogens (tertiary/aromatic N) is 1. The Labute approximate surface area is 123 Å². The van der Waals surface area contributed by atoms with Crippen LogP contribution in [-0.2, 0) is 6.42 Å². The average Bonchev–Trinajstić information content (AvgIpc) is 2.31. The maximum atomic E-state index is 10.5. The second-order valence-corrected chi connectivity index (χ2v) is 6.38. The summed E-state index contributed by atoms with van der Waals surface area (Å²) in [4.78, 5) is 2.07. The van der Waals surface area contributed by atoms with E-state index >= 15 is 0 Å². The molecule has 0 saturated heterocycles. The molecule has 1 rings (SSSR count). The lowest BCUT2D eigenvalue weighted by Crippen LogP contribution is -2.51. The molecule has 0 radical (unpaired) electrons. The molecular weight excluding hydrogens is 314 g/mol. The summed E-state index contributed by atoms with van der Waals surface area (Å²) in [6.07, 6.45) is 1.00. The van der Waals surface area contributed by atoms with Crippen LogP contribution in [0, 0.1) is 0 Å². The Kier molecular flexibility index (Phi) is 5.66. The SMILES string of the molecule is CCC(C)(C(O)Cc1ccc(Br)cc1Cl)N(C)C. The highest BCUT2D eigenvalue weighted by molar-refractivity contribution is 9.10. The molecular formula is C14H21BrClNO. The van der Waals surface area contributed by atoms with Crippen LogP contribution in [0.2, 0.25) is 5.02 Å². The molecule has 1 N–H and O–H groups in total. The zero-order chi connectivity index (χ0) is 13.9. The standard InChI is InChI=1S/C14H21BrClNO/c1-5-14(2,17(3)4)13(18)8-10-6-7-11(15)9-12(10)16/h6-7,9,13,18H,5,8H2,1-4H3. The minimum Gasteiger partial charge on any atom is -0.391 e. The number of hydrogen-bond acceptors (Lipinski definition) is 2. The van der Waals surface area contributed by atoms with Crippen LogP contribution in [0.15, 0.2) is 22.7 Å². The van der Waals surface area contributed by atoms with Crippen LogP contribution in [-0.4, -0.2) is 35.7 Å². The Hall–Kier alpha value is -0.0900. The minimum atomic E-state index is -0.448. The van der Waals surface area contributed by atoms with E-state index in [1.165, 1.54) is 0 Å². The van der Waals surface area contributed by atoms with Gasteiger partial charge in [0.15, 0.2) is 0 Å². The monoisotopic (exact) mass is 333 g/mol. The number of hydrogen-bond donors (Lipinski definition) is 1. The molecule has 0 heterocycles. The first kappa shape index (κ1) is 16.0. The fraction of sp³-hybridized carbons (Fsp3) is 0.571. The summed E-state index contributed by atoms with van der Waals surface area (Å²) >= 11 is 9.58. The molecule has 2 unspecified atom stereocenters. The Balaban J connectivity index is 2.89. The van der Waals surface area contributed by atoms with Crippen molar-refractivity contribution in [2.24, 2.45) is 0 Å². The Morgan fingerprint density at radius 2 is 2.06 bits per heavy atom. The van der Waals surface area contributed by atoms with E-state index in [0.29, 0.717) is 11.4 Å². The molecule has 0 fully saturated rings.